The molecule has 0 spiro atoms. The molecule has 0 aliphatic heterocycles. The summed E-state index contributed by atoms with van der Waals surface area (Å²) in [5.41, 5.74) is 0.577. The molecule has 0 radical (unpaired) electrons. The van der Waals surface area contributed by atoms with Gasteiger partial charge >= 0.3 is 0 Å². The Hall–Kier alpha value is -1.13. The molecule has 0 aliphatic carbocycles. The third-order valence-electron chi connectivity index (χ3n) is 2.34. The molecule has 2 aromatic rings. The van der Waals surface area contributed by atoms with Crippen LogP contribution in [0.4, 0.5) is 4.39 Å². The summed E-state index contributed by atoms with van der Waals surface area (Å²) < 4.78 is 19.1. The van der Waals surface area contributed by atoms with Gasteiger partial charge in [-0.3, -0.25) is 4.79 Å². The minimum Gasteiger partial charge on any atom is -0.461 e. The highest BCUT2D eigenvalue weighted by Crippen LogP contribution is 2.36. The van der Waals surface area contributed by atoms with Crippen molar-refractivity contribution < 1.29 is 13.6 Å². The van der Waals surface area contributed by atoms with Crippen LogP contribution in [0.3, 0.4) is 0 Å². The van der Waals surface area contributed by atoms with Crippen molar-refractivity contribution in [2.24, 2.45) is 0 Å². The fraction of sp³-hybridized carbons (Fsp3) is 0.154. The third-order valence-corrected chi connectivity index (χ3v) is 3.26. The monoisotopic (exact) mass is 330 g/mol. The second-order valence-corrected chi connectivity index (χ2v) is 5.15. The van der Waals surface area contributed by atoms with Gasteiger partial charge in [0.25, 0.3) is 0 Å². The smallest absolute Gasteiger partial charge is 0.137 e. The highest BCUT2D eigenvalue weighted by atomic mass is 79.9. The number of ketones is 1. The minimum atomic E-state index is -0.425. The number of hydrogen-bond donors (Lipinski definition) is 0. The fourth-order valence-corrected chi connectivity index (χ4v) is 2.67. The lowest BCUT2D eigenvalue weighted by atomic mass is 10.2. The first-order valence-corrected chi connectivity index (χ1v) is 6.37. The number of carbonyl (C=O) groups excluding carboxylic acids is 1. The van der Waals surface area contributed by atoms with Crippen molar-refractivity contribution >= 4 is 33.3 Å². The summed E-state index contributed by atoms with van der Waals surface area (Å²) in [6, 6.07) is 5.95. The molecule has 2 rings (SSSR count). The first-order chi connectivity index (χ1) is 8.47. The number of carbonyl (C=O) groups is 1. The molecule has 18 heavy (non-hydrogen) atoms. The molecule has 0 saturated heterocycles. The highest BCUT2D eigenvalue weighted by Gasteiger charge is 2.14. The van der Waals surface area contributed by atoms with Crippen LogP contribution < -0.4 is 0 Å². The van der Waals surface area contributed by atoms with Crippen molar-refractivity contribution in [1.82, 2.24) is 0 Å². The molecule has 1 aromatic heterocycles. The summed E-state index contributed by atoms with van der Waals surface area (Å²) in [5, 5.41) is 0.255. The van der Waals surface area contributed by atoms with Crippen molar-refractivity contribution in [3.05, 3.63) is 45.3 Å². The molecule has 0 saturated carbocycles. The predicted molar refractivity (Wildman–Crippen MR) is 71.2 cm³/mol. The Labute approximate surface area is 117 Å². The van der Waals surface area contributed by atoms with E-state index in [0.717, 1.165) is 0 Å². The maximum Gasteiger partial charge on any atom is 0.137 e. The van der Waals surface area contributed by atoms with Gasteiger partial charge < -0.3 is 4.42 Å². The van der Waals surface area contributed by atoms with E-state index in [9.17, 15) is 9.18 Å². The Kier molecular flexibility index (Phi) is 3.88. The number of rotatable bonds is 3. The number of benzene rings is 1. The molecular weight excluding hydrogens is 322 g/mol. The zero-order valence-corrected chi connectivity index (χ0v) is 11.8. The van der Waals surface area contributed by atoms with Gasteiger partial charge in [0.1, 0.15) is 23.1 Å². The van der Waals surface area contributed by atoms with Gasteiger partial charge in [0, 0.05) is 4.47 Å². The molecular formula is C13H9BrClFO2. The molecule has 0 fully saturated rings. The molecule has 0 unspecified atom stereocenters. The van der Waals surface area contributed by atoms with Gasteiger partial charge in [0.15, 0.2) is 0 Å². The van der Waals surface area contributed by atoms with E-state index in [1.807, 2.05) is 0 Å². The van der Waals surface area contributed by atoms with Gasteiger partial charge in [-0.05, 0) is 47.1 Å². The minimum absolute atomic E-state index is 0.0140. The molecule has 5 heteroatoms. The van der Waals surface area contributed by atoms with Crippen molar-refractivity contribution in [2.75, 3.05) is 0 Å². The molecule has 2 nitrogen and oxygen atoms in total. The fourth-order valence-electron chi connectivity index (χ4n) is 1.63. The van der Waals surface area contributed by atoms with Gasteiger partial charge in [-0.25, -0.2) is 4.39 Å². The number of Topliss-reactive ketones (excluding diaryl/α,β-unsaturated/α-hetero) is 1. The summed E-state index contributed by atoms with van der Waals surface area (Å²) in [5.74, 6) is 0.652. The maximum absolute atomic E-state index is 13.1. The second kappa shape index (κ2) is 5.24. The van der Waals surface area contributed by atoms with Crippen LogP contribution in [0, 0.1) is 5.82 Å². The molecule has 1 heterocycles. The maximum atomic E-state index is 13.1. The molecule has 0 aliphatic rings. The third kappa shape index (κ3) is 2.82. The van der Waals surface area contributed by atoms with E-state index in [2.05, 4.69) is 15.9 Å². The van der Waals surface area contributed by atoms with E-state index in [1.54, 1.807) is 12.1 Å². The molecule has 1 aromatic carbocycles. The Morgan fingerprint density at radius 2 is 2.17 bits per heavy atom. The Morgan fingerprint density at radius 1 is 1.44 bits per heavy atom. The van der Waals surface area contributed by atoms with Crippen LogP contribution in [0.2, 0.25) is 5.02 Å². The van der Waals surface area contributed by atoms with Gasteiger partial charge in [-0.2, -0.15) is 0 Å². The number of halogens is 3. The van der Waals surface area contributed by atoms with Crippen LogP contribution in [0.5, 0.6) is 0 Å². The van der Waals surface area contributed by atoms with Crippen molar-refractivity contribution in [1.29, 1.82) is 0 Å². The van der Waals surface area contributed by atoms with E-state index < -0.39 is 5.82 Å². The van der Waals surface area contributed by atoms with Gasteiger partial charge in [0.2, 0.25) is 0 Å². The standard InChI is InChI=1S/C13H9BrClFO2/c1-7(17)4-9-2-3-12(18-9)13-10(14)5-8(16)6-11(13)15/h2-3,5-6H,4H2,1H3. The average Bonchev–Trinajstić information content (AvgIpc) is 2.63. The first-order valence-electron chi connectivity index (χ1n) is 5.20. The lowest BCUT2D eigenvalue weighted by Crippen LogP contribution is -1.93. The van der Waals surface area contributed by atoms with E-state index in [1.165, 1.54) is 19.1 Å². The Bertz CT molecular complexity index is 584. The lowest BCUT2D eigenvalue weighted by molar-refractivity contribution is -0.116. The first kappa shape index (κ1) is 13.3. The topological polar surface area (TPSA) is 30.2 Å². The second-order valence-electron chi connectivity index (χ2n) is 3.89. The molecule has 94 valence electrons. The van der Waals surface area contributed by atoms with Crippen LogP contribution in [-0.4, -0.2) is 5.78 Å². The molecule has 0 N–H and O–H groups in total. The predicted octanol–water partition coefficient (Wildman–Crippen LogP) is 4.63. The number of furan rings is 1. The average molecular weight is 332 g/mol. The van der Waals surface area contributed by atoms with Crippen LogP contribution in [0.1, 0.15) is 12.7 Å². The van der Waals surface area contributed by atoms with Crippen LogP contribution in [-0.2, 0) is 11.2 Å². The van der Waals surface area contributed by atoms with Gasteiger partial charge in [-0.15, -0.1) is 0 Å². The van der Waals surface area contributed by atoms with E-state index >= 15 is 0 Å². The summed E-state index contributed by atoms with van der Waals surface area (Å²) in [4.78, 5) is 11.0. The van der Waals surface area contributed by atoms with E-state index in [0.29, 0.717) is 21.6 Å². The van der Waals surface area contributed by atoms with Gasteiger partial charge in [-0.1, -0.05) is 11.6 Å². The van der Waals surface area contributed by atoms with Crippen molar-refractivity contribution in [2.45, 2.75) is 13.3 Å². The summed E-state index contributed by atoms with van der Waals surface area (Å²) in [7, 11) is 0. The van der Waals surface area contributed by atoms with Crippen LogP contribution in [0.25, 0.3) is 11.3 Å². The summed E-state index contributed by atoms with van der Waals surface area (Å²) >= 11 is 9.23. The van der Waals surface area contributed by atoms with E-state index in [-0.39, 0.29) is 17.2 Å². The van der Waals surface area contributed by atoms with Crippen LogP contribution >= 0.6 is 27.5 Å². The molecule has 0 bridgehead atoms. The quantitative estimate of drug-likeness (QED) is 0.820. The number of hydrogen-bond acceptors (Lipinski definition) is 2. The summed E-state index contributed by atoms with van der Waals surface area (Å²) in [6.07, 6.45) is 0.233. The lowest BCUT2D eigenvalue weighted by Gasteiger charge is -2.04. The molecule has 0 atom stereocenters. The van der Waals surface area contributed by atoms with Crippen LogP contribution in [0.15, 0.2) is 33.2 Å². The van der Waals surface area contributed by atoms with Crippen molar-refractivity contribution in [3.63, 3.8) is 0 Å². The van der Waals surface area contributed by atoms with Crippen molar-refractivity contribution in [3.8, 4) is 11.3 Å². The molecule has 0 amide bonds. The SMILES string of the molecule is CC(=O)Cc1ccc(-c2c(Cl)cc(F)cc2Br)o1. The Morgan fingerprint density at radius 3 is 2.78 bits per heavy atom. The van der Waals surface area contributed by atoms with E-state index in [4.69, 9.17) is 16.0 Å². The largest absolute Gasteiger partial charge is 0.461 e. The van der Waals surface area contributed by atoms with Gasteiger partial charge in [0.05, 0.1) is 17.0 Å². The normalized spacial score (nSPS) is 10.7. The Balaban J connectivity index is 2.43. The highest BCUT2D eigenvalue weighted by molar-refractivity contribution is 9.10. The zero-order valence-electron chi connectivity index (χ0n) is 9.47. The zero-order chi connectivity index (χ0) is 13.3. The summed E-state index contributed by atoms with van der Waals surface area (Å²) in [6.45, 7) is 1.49.